The molecular formula is C23H24ClN3O. The van der Waals surface area contributed by atoms with Crippen molar-refractivity contribution in [2.45, 2.75) is 38.9 Å². The number of nitrogens with one attached hydrogen (secondary N) is 1. The van der Waals surface area contributed by atoms with E-state index in [1.165, 1.54) is 0 Å². The molecule has 0 spiro atoms. The van der Waals surface area contributed by atoms with Gasteiger partial charge in [-0.05, 0) is 55.2 Å². The Labute approximate surface area is 170 Å². The van der Waals surface area contributed by atoms with Crippen LogP contribution in [0.1, 0.15) is 29.7 Å². The van der Waals surface area contributed by atoms with Gasteiger partial charge >= 0.3 is 6.03 Å². The second kappa shape index (κ2) is 8.11. The molecule has 2 aromatic carbocycles. The predicted molar refractivity (Wildman–Crippen MR) is 114 cm³/mol. The lowest BCUT2D eigenvalue weighted by molar-refractivity contribution is 0.204. The zero-order valence-electron chi connectivity index (χ0n) is 15.9. The summed E-state index contributed by atoms with van der Waals surface area (Å²) in [7, 11) is 0. The Balaban J connectivity index is 1.50. The summed E-state index contributed by atoms with van der Waals surface area (Å²) >= 11 is 6.33. The Morgan fingerprint density at radius 2 is 1.86 bits per heavy atom. The maximum absolute atomic E-state index is 13.0. The predicted octanol–water partition coefficient (Wildman–Crippen LogP) is 5.69. The first-order valence-electron chi connectivity index (χ1n) is 9.62. The molecule has 4 nitrogen and oxygen atoms in total. The summed E-state index contributed by atoms with van der Waals surface area (Å²) in [5.74, 6) is 0. The van der Waals surface area contributed by atoms with E-state index in [1.54, 1.807) is 0 Å². The number of hydrogen-bond acceptors (Lipinski definition) is 1. The number of benzene rings is 2. The van der Waals surface area contributed by atoms with Crippen LogP contribution in [-0.2, 0) is 13.1 Å². The standard InChI is InChI=1S/C23H24ClN3O/c1-17-7-2-5-11-22(17)25-23(28)27(19-12-13-19)16-20-9-6-14-26(20)15-18-8-3-4-10-21(18)24/h2-11,14,19H,12-13,15-16H2,1H3,(H,25,28). The molecular weight excluding hydrogens is 370 g/mol. The molecule has 3 aromatic rings. The maximum atomic E-state index is 13.0. The van der Waals surface area contributed by atoms with Gasteiger partial charge in [-0.2, -0.15) is 0 Å². The van der Waals surface area contributed by atoms with Gasteiger partial charge in [-0.1, -0.05) is 48.0 Å². The maximum Gasteiger partial charge on any atom is 0.322 e. The summed E-state index contributed by atoms with van der Waals surface area (Å²) in [5, 5.41) is 3.84. The summed E-state index contributed by atoms with van der Waals surface area (Å²) < 4.78 is 2.16. The Bertz CT molecular complexity index is 977. The van der Waals surface area contributed by atoms with Crippen molar-refractivity contribution in [3.8, 4) is 0 Å². The molecule has 0 aliphatic heterocycles. The van der Waals surface area contributed by atoms with E-state index in [4.69, 9.17) is 11.6 Å². The fraction of sp³-hybridized carbons (Fsp3) is 0.261. The fourth-order valence-electron chi connectivity index (χ4n) is 3.39. The largest absolute Gasteiger partial charge is 0.345 e. The number of amides is 2. The van der Waals surface area contributed by atoms with Crippen molar-refractivity contribution in [1.29, 1.82) is 0 Å². The molecule has 28 heavy (non-hydrogen) atoms. The first-order valence-corrected chi connectivity index (χ1v) is 10.0. The number of aromatic nitrogens is 1. The molecule has 0 bridgehead atoms. The van der Waals surface area contributed by atoms with Gasteiger partial charge in [0.25, 0.3) is 0 Å². The normalized spacial score (nSPS) is 13.4. The van der Waals surface area contributed by atoms with Crippen LogP contribution in [0.3, 0.4) is 0 Å². The summed E-state index contributed by atoms with van der Waals surface area (Å²) in [5.41, 5.74) is 4.11. The lowest BCUT2D eigenvalue weighted by Crippen LogP contribution is -2.37. The van der Waals surface area contributed by atoms with Gasteiger partial charge in [0.1, 0.15) is 0 Å². The molecule has 1 aromatic heterocycles. The van der Waals surface area contributed by atoms with Crippen LogP contribution < -0.4 is 5.32 Å². The molecule has 1 N–H and O–H groups in total. The van der Waals surface area contributed by atoms with E-state index >= 15 is 0 Å². The third-order valence-electron chi connectivity index (χ3n) is 5.19. The average molecular weight is 394 g/mol. The van der Waals surface area contributed by atoms with E-state index in [2.05, 4.69) is 16.0 Å². The van der Waals surface area contributed by atoms with Crippen molar-refractivity contribution in [2.24, 2.45) is 0 Å². The molecule has 144 valence electrons. The number of aryl methyl sites for hydroxylation is 1. The number of urea groups is 1. The van der Waals surface area contributed by atoms with E-state index in [9.17, 15) is 4.79 Å². The van der Waals surface area contributed by atoms with Crippen LogP contribution >= 0.6 is 11.6 Å². The Hall–Kier alpha value is -2.72. The SMILES string of the molecule is Cc1ccccc1NC(=O)N(Cc1cccn1Cc1ccccc1Cl)C1CC1. The summed E-state index contributed by atoms with van der Waals surface area (Å²) in [6.07, 6.45) is 4.17. The van der Waals surface area contributed by atoms with Gasteiger partial charge in [-0.3, -0.25) is 0 Å². The van der Waals surface area contributed by atoms with Crippen LogP contribution in [-0.4, -0.2) is 21.5 Å². The topological polar surface area (TPSA) is 37.3 Å². The number of para-hydroxylation sites is 1. The lowest BCUT2D eigenvalue weighted by Gasteiger charge is -2.24. The number of hydrogen-bond donors (Lipinski definition) is 1. The number of nitrogens with zero attached hydrogens (tertiary/aromatic N) is 2. The van der Waals surface area contributed by atoms with Crippen LogP contribution in [0.15, 0.2) is 66.9 Å². The van der Waals surface area contributed by atoms with E-state index in [0.29, 0.717) is 19.1 Å². The third kappa shape index (κ3) is 4.23. The van der Waals surface area contributed by atoms with Crippen molar-refractivity contribution in [1.82, 2.24) is 9.47 Å². The molecule has 1 saturated carbocycles. The third-order valence-corrected chi connectivity index (χ3v) is 5.56. The van der Waals surface area contributed by atoms with Gasteiger partial charge in [-0.15, -0.1) is 0 Å². The van der Waals surface area contributed by atoms with Gasteiger partial charge in [0, 0.05) is 35.2 Å². The molecule has 0 atom stereocenters. The van der Waals surface area contributed by atoms with E-state index in [1.807, 2.05) is 72.6 Å². The molecule has 0 unspecified atom stereocenters. The molecule has 1 aliphatic carbocycles. The summed E-state index contributed by atoms with van der Waals surface area (Å²) in [6.45, 7) is 3.28. The van der Waals surface area contributed by atoms with E-state index in [0.717, 1.165) is 40.4 Å². The molecule has 1 heterocycles. The quantitative estimate of drug-likeness (QED) is 0.573. The summed E-state index contributed by atoms with van der Waals surface area (Å²) in [6, 6.07) is 20.1. The van der Waals surface area contributed by atoms with Crippen LogP contribution in [0.5, 0.6) is 0 Å². The van der Waals surface area contributed by atoms with Crippen molar-refractivity contribution in [3.63, 3.8) is 0 Å². The zero-order valence-corrected chi connectivity index (χ0v) is 16.7. The minimum absolute atomic E-state index is 0.0395. The van der Waals surface area contributed by atoms with Gasteiger partial charge < -0.3 is 14.8 Å². The first kappa shape index (κ1) is 18.6. The summed E-state index contributed by atoms with van der Waals surface area (Å²) in [4.78, 5) is 14.9. The van der Waals surface area contributed by atoms with Gasteiger partial charge in [0.05, 0.1) is 6.54 Å². The highest BCUT2D eigenvalue weighted by molar-refractivity contribution is 6.31. The Kier molecular flexibility index (Phi) is 5.40. The minimum Gasteiger partial charge on any atom is -0.345 e. The number of anilines is 1. The Morgan fingerprint density at radius 1 is 1.11 bits per heavy atom. The average Bonchev–Trinajstić information content (AvgIpc) is 3.43. The second-order valence-corrected chi connectivity index (χ2v) is 7.73. The highest BCUT2D eigenvalue weighted by atomic mass is 35.5. The zero-order chi connectivity index (χ0) is 19.5. The highest BCUT2D eigenvalue weighted by Gasteiger charge is 2.33. The molecule has 2 amide bonds. The van der Waals surface area contributed by atoms with Crippen molar-refractivity contribution >= 4 is 23.3 Å². The molecule has 4 rings (SSSR count). The monoisotopic (exact) mass is 393 g/mol. The van der Waals surface area contributed by atoms with Crippen molar-refractivity contribution < 1.29 is 4.79 Å². The fourth-order valence-corrected chi connectivity index (χ4v) is 3.58. The first-order chi connectivity index (χ1) is 13.6. The molecule has 1 fully saturated rings. The number of carbonyl (C=O) groups is 1. The molecule has 0 radical (unpaired) electrons. The Morgan fingerprint density at radius 3 is 2.61 bits per heavy atom. The molecule has 0 saturated heterocycles. The smallest absolute Gasteiger partial charge is 0.322 e. The molecule has 1 aliphatic rings. The highest BCUT2D eigenvalue weighted by Crippen LogP contribution is 2.30. The van der Waals surface area contributed by atoms with Gasteiger partial charge in [0.2, 0.25) is 0 Å². The second-order valence-electron chi connectivity index (χ2n) is 7.32. The van der Waals surface area contributed by atoms with Gasteiger partial charge in [0.15, 0.2) is 0 Å². The molecule has 5 heteroatoms. The van der Waals surface area contributed by atoms with Crippen molar-refractivity contribution in [3.05, 3.63) is 88.7 Å². The van der Waals surface area contributed by atoms with Crippen LogP contribution in [0.4, 0.5) is 10.5 Å². The van der Waals surface area contributed by atoms with Crippen LogP contribution in [0.25, 0.3) is 0 Å². The lowest BCUT2D eigenvalue weighted by atomic mass is 10.2. The minimum atomic E-state index is -0.0395. The van der Waals surface area contributed by atoms with Crippen LogP contribution in [0.2, 0.25) is 5.02 Å². The number of carbonyl (C=O) groups excluding carboxylic acids is 1. The van der Waals surface area contributed by atoms with Crippen molar-refractivity contribution in [2.75, 3.05) is 5.32 Å². The van der Waals surface area contributed by atoms with E-state index < -0.39 is 0 Å². The van der Waals surface area contributed by atoms with E-state index in [-0.39, 0.29) is 6.03 Å². The number of halogens is 1. The van der Waals surface area contributed by atoms with Gasteiger partial charge in [-0.25, -0.2) is 4.79 Å². The van der Waals surface area contributed by atoms with Crippen LogP contribution in [0, 0.1) is 6.92 Å². The number of rotatable bonds is 6.